The molecular formula is C2H8I2S2. The Balaban J connectivity index is -0.0000000225. The highest BCUT2D eigenvalue weighted by molar-refractivity contribution is 15.0. The summed E-state index contributed by atoms with van der Waals surface area (Å²) in [5.41, 5.74) is 0. The molecule has 0 N–H and O–H groups in total. The van der Waals surface area contributed by atoms with Gasteiger partial charge in [-0.25, -0.2) is 0 Å². The first-order chi connectivity index (χ1) is 3.00. The Bertz CT molecular complexity index is 9.51. The molecule has 0 atom stereocenters. The molecule has 0 fully saturated rings. The lowest BCUT2D eigenvalue weighted by atomic mass is 11.0. The van der Waals surface area contributed by atoms with Gasteiger partial charge in [0.1, 0.15) is 0 Å². The van der Waals surface area contributed by atoms with E-state index in [0.29, 0.717) is 0 Å². The van der Waals surface area contributed by atoms with Gasteiger partial charge in [0.2, 0.25) is 0 Å². The van der Waals surface area contributed by atoms with Crippen LogP contribution in [0, 0.1) is 0 Å². The van der Waals surface area contributed by atoms with E-state index in [1.54, 1.807) is 0 Å². The molecule has 0 amide bonds. The first-order valence-electron chi connectivity index (χ1n) is 1.34. The second kappa shape index (κ2) is 58.2. The van der Waals surface area contributed by atoms with Gasteiger partial charge in [0.25, 0.3) is 0 Å². The van der Waals surface area contributed by atoms with Crippen LogP contribution < -0.4 is 0 Å². The van der Waals surface area contributed by atoms with Gasteiger partial charge >= 0.3 is 0 Å². The summed E-state index contributed by atoms with van der Waals surface area (Å²) in [7, 11) is 0. The van der Waals surface area contributed by atoms with Gasteiger partial charge in [-0.3, -0.25) is 0 Å². The predicted octanol–water partition coefficient (Wildman–Crippen LogP) is 3.56. The van der Waals surface area contributed by atoms with Gasteiger partial charge in [0, 0.05) is 37.2 Å². The highest BCUT2D eigenvalue weighted by Crippen LogP contribution is 1.89. The monoisotopic (exact) mass is 350 g/mol. The van der Waals surface area contributed by atoms with Crippen LogP contribution in [0.5, 0.6) is 0 Å². The molecule has 0 spiro atoms. The van der Waals surface area contributed by atoms with Crippen molar-refractivity contribution in [3.8, 4) is 0 Å². The van der Waals surface area contributed by atoms with Crippen molar-refractivity contribution in [2.75, 3.05) is 0 Å². The molecule has 0 saturated carbocycles. The minimum Gasteiger partial charge on any atom is -0.115 e. The number of rotatable bonds is 0. The Labute approximate surface area is 73.4 Å². The van der Waals surface area contributed by atoms with Crippen molar-refractivity contribution in [3.05, 3.63) is 0 Å². The van der Waals surface area contributed by atoms with E-state index < -0.39 is 0 Å². The molecule has 42 valence electrons. The SMILES string of the molecule is CC.II.SS. The zero-order valence-electron chi connectivity index (χ0n) is 3.65. The summed E-state index contributed by atoms with van der Waals surface area (Å²) in [6, 6.07) is 0. The van der Waals surface area contributed by atoms with Gasteiger partial charge in [-0.2, -0.15) is 0 Å². The summed E-state index contributed by atoms with van der Waals surface area (Å²) in [5, 5.41) is 0. The lowest BCUT2D eigenvalue weighted by molar-refractivity contribution is 1.50. The summed E-state index contributed by atoms with van der Waals surface area (Å²) >= 11 is 10.7. The zero-order chi connectivity index (χ0) is 6.00. The lowest BCUT2D eigenvalue weighted by Gasteiger charge is -1.11. The van der Waals surface area contributed by atoms with Gasteiger partial charge in [0.15, 0.2) is 0 Å². The molecule has 0 rings (SSSR count). The average molecular weight is 350 g/mol. The fourth-order valence-corrected chi connectivity index (χ4v) is 0. The molecule has 4 heteroatoms. The average Bonchev–Trinajstić information content (AvgIpc) is 1.81. The zero-order valence-corrected chi connectivity index (χ0v) is 9.75. The maximum absolute atomic E-state index is 3.22. The van der Waals surface area contributed by atoms with Crippen molar-refractivity contribution in [1.82, 2.24) is 0 Å². The minimum atomic E-state index is 2.00. The van der Waals surface area contributed by atoms with Gasteiger partial charge < -0.3 is 0 Å². The summed E-state index contributed by atoms with van der Waals surface area (Å²) in [4.78, 5) is 0. The fraction of sp³-hybridized carbons (Fsp3) is 1.00. The number of hydrogen-bond donors (Lipinski definition) is 2. The Morgan fingerprint density at radius 1 is 1.00 bits per heavy atom. The third-order valence-corrected chi connectivity index (χ3v) is 0. The number of thiol groups is 2. The first-order valence-corrected chi connectivity index (χ1v) is 9.23. The minimum absolute atomic E-state index is 2.00. The van der Waals surface area contributed by atoms with Crippen LogP contribution in [0.4, 0.5) is 0 Å². The molecule has 0 aliphatic rings. The second-order valence-corrected chi connectivity index (χ2v) is 0. The van der Waals surface area contributed by atoms with Crippen LogP contribution in [-0.4, -0.2) is 0 Å². The van der Waals surface area contributed by atoms with Gasteiger partial charge in [-0.1, -0.05) is 13.8 Å². The Morgan fingerprint density at radius 2 is 1.00 bits per heavy atom. The van der Waals surface area contributed by atoms with Crippen molar-refractivity contribution < 1.29 is 0 Å². The number of hydrogen-bond acceptors (Lipinski definition) is 2. The molecule has 0 nitrogen and oxygen atoms in total. The van der Waals surface area contributed by atoms with E-state index in [1.807, 2.05) is 13.8 Å². The molecule has 0 radical (unpaired) electrons. The van der Waals surface area contributed by atoms with Gasteiger partial charge in [-0.15, -0.1) is 23.3 Å². The highest BCUT2D eigenvalue weighted by Gasteiger charge is 1.00. The van der Waals surface area contributed by atoms with Crippen LogP contribution >= 0.6 is 60.6 Å². The largest absolute Gasteiger partial charge is 0.115 e. The van der Waals surface area contributed by atoms with Crippen molar-refractivity contribution in [2.45, 2.75) is 13.8 Å². The third kappa shape index (κ3) is 35.2. The summed E-state index contributed by atoms with van der Waals surface area (Å²) in [6.07, 6.45) is 0. The van der Waals surface area contributed by atoms with Crippen LogP contribution in [0.15, 0.2) is 0 Å². The molecule has 0 bridgehead atoms. The van der Waals surface area contributed by atoms with E-state index >= 15 is 0 Å². The van der Waals surface area contributed by atoms with Crippen molar-refractivity contribution >= 4 is 60.6 Å². The van der Waals surface area contributed by atoms with Crippen LogP contribution in [0.3, 0.4) is 0 Å². The Kier molecular flexibility index (Phi) is 152. The molecule has 0 aliphatic carbocycles. The molecule has 6 heavy (non-hydrogen) atoms. The Hall–Kier alpha value is 2.16. The molecular weight excluding hydrogens is 342 g/mol. The molecule has 0 unspecified atom stereocenters. The maximum Gasteiger partial charge on any atom is 0 e. The van der Waals surface area contributed by atoms with Crippen molar-refractivity contribution in [3.63, 3.8) is 0 Å². The highest BCUT2D eigenvalue weighted by atomic mass is 128. The van der Waals surface area contributed by atoms with Crippen molar-refractivity contribution in [2.24, 2.45) is 0 Å². The van der Waals surface area contributed by atoms with Crippen LogP contribution in [0.25, 0.3) is 0 Å². The molecule has 0 aromatic heterocycles. The maximum atomic E-state index is 3.22. The molecule has 0 aromatic rings. The fourth-order valence-electron chi connectivity index (χ4n) is 0. The van der Waals surface area contributed by atoms with Crippen molar-refractivity contribution in [1.29, 1.82) is 0 Å². The second-order valence-electron chi connectivity index (χ2n) is 0. The summed E-state index contributed by atoms with van der Waals surface area (Å²) in [6.45, 7) is 4.00. The van der Waals surface area contributed by atoms with E-state index in [1.165, 1.54) is 0 Å². The quantitative estimate of drug-likeness (QED) is 0.373. The normalized spacial score (nSPS) is 3.00. The van der Waals surface area contributed by atoms with E-state index in [2.05, 4.69) is 60.6 Å². The summed E-state index contributed by atoms with van der Waals surface area (Å²) in [5.74, 6) is 0. The van der Waals surface area contributed by atoms with E-state index in [-0.39, 0.29) is 0 Å². The van der Waals surface area contributed by atoms with E-state index in [0.717, 1.165) is 0 Å². The first kappa shape index (κ1) is 15.7. The molecule has 0 aliphatic heterocycles. The standard InChI is InChI=1S/C2H6.I2.H2S2/c3*1-2/h1-2H3;;1-2H. The van der Waals surface area contributed by atoms with E-state index in [9.17, 15) is 0 Å². The predicted molar refractivity (Wildman–Crippen MR) is 57.4 cm³/mol. The molecule has 0 heterocycles. The number of halogens is 2. The van der Waals surface area contributed by atoms with Gasteiger partial charge in [-0.05, 0) is 0 Å². The molecule has 0 aromatic carbocycles. The lowest BCUT2D eigenvalue weighted by Crippen LogP contribution is -0.856. The van der Waals surface area contributed by atoms with E-state index in [4.69, 9.17) is 0 Å². The Morgan fingerprint density at radius 3 is 1.00 bits per heavy atom. The van der Waals surface area contributed by atoms with Crippen LogP contribution in [-0.2, 0) is 0 Å². The van der Waals surface area contributed by atoms with Crippen LogP contribution in [0.1, 0.15) is 13.8 Å². The smallest absolute Gasteiger partial charge is 0 e. The summed E-state index contributed by atoms with van der Waals surface area (Å²) < 4.78 is 0. The topological polar surface area (TPSA) is 0 Å². The van der Waals surface area contributed by atoms with Gasteiger partial charge in [0.05, 0.1) is 0 Å². The molecule has 0 saturated heterocycles. The third-order valence-electron chi connectivity index (χ3n) is 0. The van der Waals surface area contributed by atoms with Crippen LogP contribution in [0.2, 0.25) is 0 Å².